The zero-order valence-corrected chi connectivity index (χ0v) is 18.6. The number of primary amides is 1. The second-order valence-corrected chi connectivity index (χ2v) is 7.86. The van der Waals surface area contributed by atoms with Crippen molar-refractivity contribution in [2.45, 2.75) is 63.4 Å². The average Bonchev–Trinajstić information content (AvgIpc) is 2.73. The van der Waals surface area contributed by atoms with Crippen molar-refractivity contribution >= 4 is 17.7 Å². The van der Waals surface area contributed by atoms with E-state index in [9.17, 15) is 24.6 Å². The van der Waals surface area contributed by atoms with E-state index in [2.05, 4.69) is 0 Å². The summed E-state index contributed by atoms with van der Waals surface area (Å²) >= 11 is 0. The van der Waals surface area contributed by atoms with Gasteiger partial charge in [0, 0.05) is 53.2 Å². The number of rotatable bonds is 5. The summed E-state index contributed by atoms with van der Waals surface area (Å²) in [4.78, 5) is 39.0. The van der Waals surface area contributed by atoms with Gasteiger partial charge in [0.15, 0.2) is 0 Å². The summed E-state index contributed by atoms with van der Waals surface area (Å²) in [6.07, 6.45) is -0.954. The summed E-state index contributed by atoms with van der Waals surface area (Å²) in [6, 6.07) is -0.863. The van der Waals surface area contributed by atoms with Crippen LogP contribution in [0.1, 0.15) is 39.0 Å². The van der Waals surface area contributed by atoms with E-state index >= 15 is 0 Å². The van der Waals surface area contributed by atoms with Crippen LogP contribution in [0.3, 0.4) is 0 Å². The highest BCUT2D eigenvalue weighted by Gasteiger charge is 2.29. The number of aliphatic hydroxyl groups excluding tert-OH is 2. The Morgan fingerprint density at radius 1 is 1.13 bits per heavy atom. The molecule has 1 aliphatic heterocycles. The van der Waals surface area contributed by atoms with Gasteiger partial charge in [-0.15, -0.1) is 0 Å². The first-order chi connectivity index (χ1) is 14.7. The maximum Gasteiger partial charge on any atom is 0.234 e. The van der Waals surface area contributed by atoms with E-state index in [1.165, 1.54) is 18.9 Å². The summed E-state index contributed by atoms with van der Waals surface area (Å²) in [5, 5.41) is 20.5. The third-order valence-corrected chi connectivity index (χ3v) is 5.42. The molecule has 1 saturated heterocycles. The van der Waals surface area contributed by atoms with E-state index in [0.29, 0.717) is 45.5 Å². The van der Waals surface area contributed by atoms with Crippen LogP contribution in [0.5, 0.6) is 0 Å². The summed E-state index contributed by atoms with van der Waals surface area (Å²) in [6.45, 7) is 3.12. The number of aliphatic hydroxyl groups is 2. The number of methoxy groups -OCH3 is 1. The smallest absolute Gasteiger partial charge is 0.234 e. The Hall–Kier alpha value is -1.79. The predicted octanol–water partition coefficient (Wildman–Crippen LogP) is -1.81. The number of ether oxygens (including phenoxy) is 2. The van der Waals surface area contributed by atoms with Crippen molar-refractivity contribution in [3.63, 3.8) is 0 Å². The van der Waals surface area contributed by atoms with Gasteiger partial charge in [-0.1, -0.05) is 0 Å². The minimum atomic E-state index is -1.20. The average molecular weight is 447 g/mol. The van der Waals surface area contributed by atoms with Crippen LogP contribution in [0.4, 0.5) is 0 Å². The lowest BCUT2D eigenvalue weighted by molar-refractivity contribution is -0.136. The number of nitrogens with two attached hydrogens (primary N) is 2. The molecule has 0 aromatic heterocycles. The zero-order valence-electron chi connectivity index (χ0n) is 18.6. The number of nitrogens with zero attached hydrogens (tertiary/aromatic N) is 2. The molecule has 0 unspecified atom stereocenters. The molecule has 0 aromatic carbocycles. The fourth-order valence-corrected chi connectivity index (χ4v) is 3.37. The lowest BCUT2D eigenvalue weighted by atomic mass is 10.1. The summed E-state index contributed by atoms with van der Waals surface area (Å²) in [5.41, 5.74) is 10.8. The quantitative estimate of drug-likeness (QED) is 0.383. The standard InChI is InChI=1S/C20H38N4O7/c1-14(25)24-10-5-9-23(18(27)7-6-15(21)20(22)29)8-3-4-11-31-13-16(26)19(28)17(12-24)30-2/h15-17,19,26,28H,3-13,21H2,1-2H3,(H2,22,29)/t15-,16-,17-,19-/m0/s1. The molecule has 0 bridgehead atoms. The molecule has 1 heterocycles. The van der Waals surface area contributed by atoms with Crippen molar-refractivity contribution in [2.24, 2.45) is 11.5 Å². The molecule has 6 N–H and O–H groups in total. The van der Waals surface area contributed by atoms with Gasteiger partial charge in [0.2, 0.25) is 17.7 Å². The highest BCUT2D eigenvalue weighted by molar-refractivity contribution is 5.81. The molecule has 31 heavy (non-hydrogen) atoms. The fourth-order valence-electron chi connectivity index (χ4n) is 3.37. The van der Waals surface area contributed by atoms with Gasteiger partial charge in [0.25, 0.3) is 0 Å². The van der Waals surface area contributed by atoms with E-state index < -0.39 is 30.3 Å². The molecule has 0 aromatic rings. The lowest BCUT2D eigenvalue weighted by Gasteiger charge is -2.31. The first-order valence-electron chi connectivity index (χ1n) is 10.7. The maximum absolute atomic E-state index is 12.6. The van der Waals surface area contributed by atoms with E-state index in [1.54, 1.807) is 4.90 Å². The lowest BCUT2D eigenvalue weighted by Crippen LogP contribution is -2.48. The normalized spacial score (nSPS) is 25.9. The Bertz CT molecular complexity index is 578. The largest absolute Gasteiger partial charge is 0.388 e. The summed E-state index contributed by atoms with van der Waals surface area (Å²) < 4.78 is 10.7. The molecule has 0 spiro atoms. The van der Waals surface area contributed by atoms with Gasteiger partial charge in [0.05, 0.1) is 12.6 Å². The Kier molecular flexibility index (Phi) is 12.6. The molecule has 11 nitrogen and oxygen atoms in total. The Morgan fingerprint density at radius 3 is 2.39 bits per heavy atom. The second kappa shape index (κ2) is 14.3. The molecule has 0 radical (unpaired) electrons. The van der Waals surface area contributed by atoms with Gasteiger partial charge in [-0.2, -0.15) is 0 Å². The minimum absolute atomic E-state index is 0.0608. The fraction of sp³-hybridized carbons (Fsp3) is 0.850. The number of hydrogen-bond acceptors (Lipinski definition) is 8. The summed E-state index contributed by atoms with van der Waals surface area (Å²) in [5.74, 6) is -0.970. The van der Waals surface area contributed by atoms with E-state index in [1.807, 2.05) is 0 Å². The Balaban J connectivity index is 2.82. The predicted molar refractivity (Wildman–Crippen MR) is 113 cm³/mol. The Morgan fingerprint density at radius 2 is 1.77 bits per heavy atom. The molecular weight excluding hydrogens is 408 g/mol. The van der Waals surface area contributed by atoms with Gasteiger partial charge >= 0.3 is 0 Å². The van der Waals surface area contributed by atoms with Crippen LogP contribution in [0.15, 0.2) is 0 Å². The highest BCUT2D eigenvalue weighted by Crippen LogP contribution is 2.11. The summed E-state index contributed by atoms with van der Waals surface area (Å²) in [7, 11) is 1.41. The maximum atomic E-state index is 12.6. The minimum Gasteiger partial charge on any atom is -0.388 e. The SMILES string of the molecule is CO[C@H]1CN(C(C)=O)CCCN(C(=O)CC[C@H](N)C(N)=O)CCCCOC[C@H](O)[C@@H]1O. The van der Waals surface area contributed by atoms with Crippen LogP contribution in [0.25, 0.3) is 0 Å². The van der Waals surface area contributed by atoms with E-state index in [4.69, 9.17) is 20.9 Å². The molecule has 0 saturated carbocycles. The van der Waals surface area contributed by atoms with Crippen LogP contribution in [-0.2, 0) is 23.9 Å². The molecule has 0 aliphatic carbocycles. The zero-order chi connectivity index (χ0) is 23.4. The van der Waals surface area contributed by atoms with Gasteiger partial charge in [0.1, 0.15) is 18.3 Å². The highest BCUT2D eigenvalue weighted by atomic mass is 16.5. The van der Waals surface area contributed by atoms with E-state index in [-0.39, 0.29) is 37.8 Å². The third kappa shape index (κ3) is 9.92. The monoisotopic (exact) mass is 446 g/mol. The van der Waals surface area contributed by atoms with Gasteiger partial charge in [-0.25, -0.2) is 0 Å². The molecule has 1 rings (SSSR count). The third-order valence-electron chi connectivity index (χ3n) is 5.42. The van der Waals surface area contributed by atoms with Crippen molar-refractivity contribution in [2.75, 3.05) is 46.5 Å². The van der Waals surface area contributed by atoms with Crippen LogP contribution in [0.2, 0.25) is 0 Å². The van der Waals surface area contributed by atoms with Crippen molar-refractivity contribution < 1.29 is 34.1 Å². The Labute approximate surface area is 183 Å². The number of carbonyl (C=O) groups excluding carboxylic acids is 3. The number of carbonyl (C=O) groups is 3. The molecular formula is C20H38N4O7. The second-order valence-electron chi connectivity index (χ2n) is 7.86. The molecule has 1 aliphatic rings. The van der Waals surface area contributed by atoms with Crippen LogP contribution in [0, 0.1) is 0 Å². The van der Waals surface area contributed by atoms with Crippen molar-refractivity contribution in [3.8, 4) is 0 Å². The van der Waals surface area contributed by atoms with Crippen molar-refractivity contribution in [1.82, 2.24) is 9.80 Å². The molecule has 11 heteroatoms. The van der Waals surface area contributed by atoms with Gasteiger partial charge in [-0.05, 0) is 25.7 Å². The van der Waals surface area contributed by atoms with Crippen LogP contribution >= 0.6 is 0 Å². The topological polar surface area (TPSA) is 169 Å². The van der Waals surface area contributed by atoms with Crippen molar-refractivity contribution in [1.29, 1.82) is 0 Å². The van der Waals surface area contributed by atoms with Crippen LogP contribution < -0.4 is 11.5 Å². The van der Waals surface area contributed by atoms with Crippen LogP contribution in [-0.4, -0.2) is 109 Å². The van der Waals surface area contributed by atoms with Crippen molar-refractivity contribution in [3.05, 3.63) is 0 Å². The van der Waals surface area contributed by atoms with Gasteiger partial charge < -0.3 is 41.0 Å². The number of hydrogen-bond donors (Lipinski definition) is 4. The van der Waals surface area contributed by atoms with E-state index in [0.717, 1.165) is 0 Å². The first-order valence-corrected chi connectivity index (χ1v) is 10.7. The number of amides is 3. The molecule has 180 valence electrons. The molecule has 1 fully saturated rings. The van der Waals surface area contributed by atoms with Gasteiger partial charge in [-0.3, -0.25) is 14.4 Å². The molecule has 3 amide bonds. The first kappa shape index (κ1) is 27.2. The molecule has 4 atom stereocenters.